The lowest BCUT2D eigenvalue weighted by Gasteiger charge is -2.33. The van der Waals surface area contributed by atoms with Crippen LogP contribution in [-0.2, 0) is 9.53 Å². The normalized spacial score (nSPS) is 16.1. The zero-order valence-corrected chi connectivity index (χ0v) is 16.0. The van der Waals surface area contributed by atoms with Gasteiger partial charge in [-0.05, 0) is 38.3 Å². The second-order valence-electron chi connectivity index (χ2n) is 6.68. The Morgan fingerprint density at radius 3 is 2.62 bits per heavy atom. The summed E-state index contributed by atoms with van der Waals surface area (Å²) < 4.78 is 5.50. The largest absolute Gasteiger partial charge is 0.449 e. The van der Waals surface area contributed by atoms with Crippen LogP contribution in [0.5, 0.6) is 0 Å². The highest BCUT2D eigenvalue weighted by Crippen LogP contribution is 2.29. The van der Waals surface area contributed by atoms with Crippen molar-refractivity contribution in [3.63, 3.8) is 0 Å². The maximum atomic E-state index is 13.1. The van der Waals surface area contributed by atoms with E-state index in [-0.39, 0.29) is 11.9 Å². The van der Waals surface area contributed by atoms with Crippen molar-refractivity contribution in [3.8, 4) is 0 Å². The summed E-state index contributed by atoms with van der Waals surface area (Å²) in [5, 5.41) is 2.54. The van der Waals surface area contributed by atoms with Crippen LogP contribution >= 0.6 is 11.3 Å². The summed E-state index contributed by atoms with van der Waals surface area (Å²) in [7, 11) is 0. The molecule has 6 heteroatoms. The molecule has 1 atom stereocenters. The third-order valence-corrected chi connectivity index (χ3v) is 5.57. The average molecular weight is 372 g/mol. The average Bonchev–Trinajstić information content (AvgIpc) is 3.17. The van der Waals surface area contributed by atoms with Crippen LogP contribution < -0.4 is 4.90 Å². The van der Waals surface area contributed by atoms with Gasteiger partial charge in [0.25, 0.3) is 5.91 Å². The summed E-state index contributed by atoms with van der Waals surface area (Å²) in [5.74, 6) is -0.666. The van der Waals surface area contributed by atoms with E-state index < -0.39 is 12.1 Å². The van der Waals surface area contributed by atoms with Gasteiger partial charge in [-0.25, -0.2) is 9.78 Å². The van der Waals surface area contributed by atoms with E-state index in [1.807, 2.05) is 24.4 Å². The molecule has 26 heavy (non-hydrogen) atoms. The van der Waals surface area contributed by atoms with Crippen molar-refractivity contribution >= 4 is 28.3 Å². The van der Waals surface area contributed by atoms with Crippen LogP contribution in [0, 0.1) is 6.92 Å². The molecule has 0 radical (unpaired) electrons. The molecule has 1 unspecified atom stereocenters. The molecule has 1 aliphatic carbocycles. The molecule has 0 saturated heterocycles. The summed E-state index contributed by atoms with van der Waals surface area (Å²) in [4.78, 5) is 31.6. The predicted octanol–water partition coefficient (Wildman–Crippen LogP) is 4.36. The minimum atomic E-state index is -0.854. The number of amides is 1. The van der Waals surface area contributed by atoms with Crippen LogP contribution in [0.1, 0.15) is 54.9 Å². The maximum Gasteiger partial charge on any atom is 0.339 e. The molecule has 5 nitrogen and oxygen atoms in total. The fourth-order valence-electron chi connectivity index (χ4n) is 3.38. The van der Waals surface area contributed by atoms with E-state index in [0.717, 1.165) is 31.2 Å². The number of aryl methyl sites for hydroxylation is 1. The molecular weight excluding hydrogens is 348 g/mol. The van der Waals surface area contributed by atoms with Gasteiger partial charge in [0.05, 0.1) is 5.56 Å². The van der Waals surface area contributed by atoms with E-state index in [1.165, 1.54) is 17.8 Å². The number of rotatable bonds is 5. The molecule has 1 aromatic carbocycles. The Kier molecular flexibility index (Phi) is 6.04. The lowest BCUT2D eigenvalue weighted by Crippen LogP contribution is -2.47. The number of hydrogen-bond acceptors (Lipinski definition) is 5. The molecule has 0 N–H and O–H groups in total. The van der Waals surface area contributed by atoms with Crippen molar-refractivity contribution in [2.24, 2.45) is 0 Å². The molecule has 1 heterocycles. The molecule has 1 saturated carbocycles. The number of esters is 1. The van der Waals surface area contributed by atoms with Crippen LogP contribution in [0.2, 0.25) is 0 Å². The topological polar surface area (TPSA) is 59.5 Å². The van der Waals surface area contributed by atoms with Gasteiger partial charge in [0.2, 0.25) is 0 Å². The summed E-state index contributed by atoms with van der Waals surface area (Å²) in [6, 6.07) is 7.36. The number of ether oxygens (including phenoxy) is 1. The minimum absolute atomic E-state index is 0.127. The number of carbonyl (C=O) groups excluding carboxylic acids is 2. The highest BCUT2D eigenvalue weighted by atomic mass is 32.1. The number of hydrogen-bond donors (Lipinski definition) is 0. The van der Waals surface area contributed by atoms with Crippen LogP contribution in [0.15, 0.2) is 35.8 Å². The number of aromatic nitrogens is 1. The summed E-state index contributed by atoms with van der Waals surface area (Å²) in [6.45, 7) is 3.49. The fourth-order valence-corrected chi connectivity index (χ4v) is 4.09. The first-order chi connectivity index (χ1) is 12.6. The van der Waals surface area contributed by atoms with Crippen LogP contribution in [0.25, 0.3) is 0 Å². The van der Waals surface area contributed by atoms with Crippen LogP contribution in [0.3, 0.4) is 0 Å². The molecule has 3 rings (SSSR count). The highest BCUT2D eigenvalue weighted by Gasteiger charge is 2.33. The van der Waals surface area contributed by atoms with E-state index >= 15 is 0 Å². The van der Waals surface area contributed by atoms with Gasteiger partial charge in [0.15, 0.2) is 11.2 Å². The Labute approximate surface area is 158 Å². The van der Waals surface area contributed by atoms with Gasteiger partial charge >= 0.3 is 5.97 Å². The SMILES string of the molecule is Cc1ccccc1C(=O)OC(C)C(=O)N(c1nccs1)C1CCCCC1. The number of carbonyl (C=O) groups is 2. The third kappa shape index (κ3) is 4.12. The van der Waals surface area contributed by atoms with E-state index in [4.69, 9.17) is 4.74 Å². The lowest BCUT2D eigenvalue weighted by atomic mass is 9.94. The van der Waals surface area contributed by atoms with Gasteiger partial charge < -0.3 is 4.74 Å². The van der Waals surface area contributed by atoms with Crippen molar-refractivity contribution < 1.29 is 14.3 Å². The Bertz CT molecular complexity index is 754. The van der Waals surface area contributed by atoms with Crippen molar-refractivity contribution in [1.82, 2.24) is 4.98 Å². The third-order valence-electron chi connectivity index (χ3n) is 4.80. The molecule has 0 bridgehead atoms. The Hall–Kier alpha value is -2.21. The number of benzene rings is 1. The van der Waals surface area contributed by atoms with Gasteiger partial charge in [0.1, 0.15) is 0 Å². The van der Waals surface area contributed by atoms with Crippen molar-refractivity contribution in [2.75, 3.05) is 4.90 Å². The first kappa shape index (κ1) is 18.6. The van der Waals surface area contributed by atoms with E-state index in [1.54, 1.807) is 30.2 Å². The molecule has 1 amide bonds. The summed E-state index contributed by atoms with van der Waals surface area (Å²) in [5.41, 5.74) is 1.33. The summed E-state index contributed by atoms with van der Waals surface area (Å²) >= 11 is 1.44. The van der Waals surface area contributed by atoms with Crippen molar-refractivity contribution in [1.29, 1.82) is 0 Å². The first-order valence-corrected chi connectivity index (χ1v) is 9.95. The zero-order chi connectivity index (χ0) is 18.5. The van der Waals surface area contributed by atoms with E-state index in [2.05, 4.69) is 4.98 Å². The molecule has 0 spiro atoms. The van der Waals surface area contributed by atoms with E-state index in [9.17, 15) is 9.59 Å². The molecule has 1 aromatic heterocycles. The number of anilines is 1. The quantitative estimate of drug-likeness (QED) is 0.732. The van der Waals surface area contributed by atoms with Gasteiger partial charge in [-0.1, -0.05) is 37.5 Å². The van der Waals surface area contributed by atoms with Crippen molar-refractivity contribution in [2.45, 2.75) is 58.1 Å². The van der Waals surface area contributed by atoms with Gasteiger partial charge in [0, 0.05) is 17.6 Å². The van der Waals surface area contributed by atoms with Gasteiger partial charge in [-0.3, -0.25) is 9.69 Å². The monoisotopic (exact) mass is 372 g/mol. The molecular formula is C20H24N2O3S. The standard InChI is InChI=1S/C20H24N2O3S/c1-14-8-6-7-11-17(14)19(24)25-15(2)18(23)22(20-21-12-13-26-20)16-9-4-3-5-10-16/h6-8,11-13,15-16H,3-5,9-10H2,1-2H3. The molecule has 2 aromatic rings. The first-order valence-electron chi connectivity index (χ1n) is 9.07. The second-order valence-corrected chi connectivity index (χ2v) is 7.55. The van der Waals surface area contributed by atoms with Crippen LogP contribution in [0.4, 0.5) is 5.13 Å². The van der Waals surface area contributed by atoms with Gasteiger partial charge in [-0.15, -0.1) is 11.3 Å². The lowest BCUT2D eigenvalue weighted by molar-refractivity contribution is -0.127. The molecule has 1 aliphatic rings. The Morgan fingerprint density at radius 2 is 1.96 bits per heavy atom. The Morgan fingerprint density at radius 1 is 1.23 bits per heavy atom. The smallest absolute Gasteiger partial charge is 0.339 e. The zero-order valence-electron chi connectivity index (χ0n) is 15.2. The molecule has 0 aliphatic heterocycles. The minimum Gasteiger partial charge on any atom is -0.449 e. The van der Waals surface area contributed by atoms with Crippen molar-refractivity contribution in [3.05, 3.63) is 47.0 Å². The fraction of sp³-hybridized carbons (Fsp3) is 0.450. The van der Waals surface area contributed by atoms with Gasteiger partial charge in [-0.2, -0.15) is 0 Å². The molecule has 1 fully saturated rings. The number of thiazole rings is 1. The Balaban J connectivity index is 1.75. The second kappa shape index (κ2) is 8.45. The maximum absolute atomic E-state index is 13.1. The number of nitrogens with zero attached hydrogens (tertiary/aromatic N) is 2. The highest BCUT2D eigenvalue weighted by molar-refractivity contribution is 7.13. The van der Waals surface area contributed by atoms with E-state index in [0.29, 0.717) is 10.7 Å². The predicted molar refractivity (Wildman–Crippen MR) is 103 cm³/mol. The van der Waals surface area contributed by atoms with Crippen LogP contribution in [-0.4, -0.2) is 29.0 Å². The molecule has 138 valence electrons. The summed E-state index contributed by atoms with van der Waals surface area (Å²) in [6.07, 6.45) is 6.19.